The van der Waals surface area contributed by atoms with Gasteiger partial charge in [-0.1, -0.05) is 29.8 Å². The Bertz CT molecular complexity index is 1090. The number of benzene rings is 3. The Morgan fingerprint density at radius 1 is 1.03 bits per heavy atom. The fourth-order valence-electron chi connectivity index (χ4n) is 3.50. The first-order valence-corrected chi connectivity index (χ1v) is 10.5. The number of ether oxygens (including phenoxy) is 1. The van der Waals surface area contributed by atoms with E-state index in [1.165, 1.54) is 6.92 Å². The lowest BCUT2D eigenvalue weighted by atomic mass is 9.96. The van der Waals surface area contributed by atoms with Crippen LogP contribution < -0.4 is 16.0 Å². The number of esters is 1. The summed E-state index contributed by atoms with van der Waals surface area (Å²) in [4.78, 5) is 13.6. The minimum atomic E-state index is -0.323. The Morgan fingerprint density at radius 3 is 2.25 bits per heavy atom. The number of aryl methyl sites for hydroxylation is 1. The van der Waals surface area contributed by atoms with Crippen LogP contribution in [-0.4, -0.2) is 32.5 Å². The molecule has 3 aromatic carbocycles. The summed E-state index contributed by atoms with van der Waals surface area (Å²) >= 11 is 0. The lowest BCUT2D eigenvalue weighted by Gasteiger charge is -2.22. The van der Waals surface area contributed by atoms with Gasteiger partial charge in [0.05, 0.1) is 6.04 Å². The number of nitrogens with one attached hydrogen (secondary N) is 2. The maximum atomic E-state index is 11.5. The highest BCUT2D eigenvalue weighted by Crippen LogP contribution is 2.29. The summed E-state index contributed by atoms with van der Waals surface area (Å²) in [6.07, 6.45) is 0. The predicted octanol–water partition coefficient (Wildman–Crippen LogP) is 4.73. The maximum Gasteiger partial charge on any atom is 0.302 e. The fourth-order valence-corrected chi connectivity index (χ4v) is 3.50. The minimum Gasteiger partial charge on any atom is -0.463 e. The van der Waals surface area contributed by atoms with E-state index in [0.717, 1.165) is 33.6 Å². The van der Waals surface area contributed by atoms with Crippen molar-refractivity contribution in [2.45, 2.75) is 19.9 Å². The summed E-state index contributed by atoms with van der Waals surface area (Å²) in [6, 6.07) is 21.9. The lowest BCUT2D eigenvalue weighted by molar-refractivity contribution is -0.141. The Hall–Kier alpha value is -3.80. The molecule has 1 atom stereocenters. The molecule has 0 aliphatic heterocycles. The second-order valence-electron chi connectivity index (χ2n) is 8.06. The molecule has 6 nitrogen and oxygen atoms in total. The molecule has 0 saturated heterocycles. The van der Waals surface area contributed by atoms with E-state index < -0.39 is 0 Å². The standard InChI is InChI=1S/C26H30N4O2/c1-17-13-21(19-7-11-24(12-8-19)30(3)4)15-22(14-17)25(16-32-18(2)31)29-23-9-5-20(6-10-23)26(27)28/h5-15,25,29H,16H2,1-4H3,(H3,27,28). The number of rotatable bonds is 8. The van der Waals surface area contributed by atoms with Crippen LogP contribution in [0.3, 0.4) is 0 Å². The van der Waals surface area contributed by atoms with Crippen molar-refractivity contribution in [3.8, 4) is 11.1 Å². The van der Waals surface area contributed by atoms with Crippen LogP contribution in [0.2, 0.25) is 0 Å². The van der Waals surface area contributed by atoms with E-state index in [2.05, 4.69) is 59.6 Å². The maximum absolute atomic E-state index is 11.5. The normalized spacial score (nSPS) is 11.5. The van der Waals surface area contributed by atoms with Gasteiger partial charge in [0, 0.05) is 38.0 Å². The molecule has 1 unspecified atom stereocenters. The molecule has 3 rings (SSSR count). The molecule has 0 aromatic heterocycles. The van der Waals surface area contributed by atoms with Crippen molar-refractivity contribution < 1.29 is 9.53 Å². The Morgan fingerprint density at radius 2 is 1.69 bits per heavy atom. The van der Waals surface area contributed by atoms with Crippen molar-refractivity contribution in [2.75, 3.05) is 30.9 Å². The van der Waals surface area contributed by atoms with Gasteiger partial charge in [-0.3, -0.25) is 10.2 Å². The zero-order valence-electron chi connectivity index (χ0n) is 19.0. The summed E-state index contributed by atoms with van der Waals surface area (Å²) in [5, 5.41) is 11.0. The number of nitrogens with zero attached hydrogens (tertiary/aromatic N) is 1. The molecule has 0 amide bonds. The van der Waals surface area contributed by atoms with Gasteiger partial charge < -0.3 is 20.7 Å². The van der Waals surface area contributed by atoms with Crippen LogP contribution in [0.15, 0.2) is 66.7 Å². The summed E-state index contributed by atoms with van der Waals surface area (Å²) in [5.41, 5.74) is 12.6. The molecule has 0 saturated carbocycles. The molecule has 0 fully saturated rings. The van der Waals surface area contributed by atoms with Gasteiger partial charge in [0.2, 0.25) is 0 Å². The SMILES string of the molecule is CC(=O)OCC(Nc1ccc(C(=N)N)cc1)c1cc(C)cc(-c2ccc(N(C)C)cc2)c1. The van der Waals surface area contributed by atoms with Gasteiger partial charge >= 0.3 is 5.97 Å². The zero-order valence-corrected chi connectivity index (χ0v) is 19.0. The molecule has 0 radical (unpaired) electrons. The van der Waals surface area contributed by atoms with Crippen LogP contribution in [0, 0.1) is 12.3 Å². The van der Waals surface area contributed by atoms with Crippen molar-refractivity contribution in [1.29, 1.82) is 5.41 Å². The number of hydrogen-bond acceptors (Lipinski definition) is 5. The van der Waals surface area contributed by atoms with Crippen LogP contribution in [0.25, 0.3) is 11.1 Å². The molecule has 6 heteroatoms. The van der Waals surface area contributed by atoms with E-state index in [0.29, 0.717) is 5.56 Å². The van der Waals surface area contributed by atoms with Crippen LogP contribution >= 0.6 is 0 Å². The van der Waals surface area contributed by atoms with Gasteiger partial charge in [-0.05, 0) is 66.1 Å². The van der Waals surface area contributed by atoms with Crippen LogP contribution in [0.5, 0.6) is 0 Å². The summed E-state index contributed by atoms with van der Waals surface area (Å²) < 4.78 is 5.36. The van der Waals surface area contributed by atoms with Crippen molar-refractivity contribution in [2.24, 2.45) is 5.73 Å². The third-order valence-electron chi connectivity index (χ3n) is 5.21. The van der Waals surface area contributed by atoms with E-state index in [9.17, 15) is 4.79 Å². The van der Waals surface area contributed by atoms with Gasteiger partial charge in [-0.15, -0.1) is 0 Å². The smallest absolute Gasteiger partial charge is 0.302 e. The van der Waals surface area contributed by atoms with E-state index in [4.69, 9.17) is 15.9 Å². The molecular weight excluding hydrogens is 400 g/mol. The highest BCUT2D eigenvalue weighted by atomic mass is 16.5. The van der Waals surface area contributed by atoms with Crippen LogP contribution in [0.1, 0.15) is 29.7 Å². The molecule has 4 N–H and O–H groups in total. The predicted molar refractivity (Wildman–Crippen MR) is 131 cm³/mol. The number of anilines is 2. The van der Waals surface area contributed by atoms with Gasteiger partial charge in [-0.25, -0.2) is 0 Å². The van der Waals surface area contributed by atoms with Crippen LogP contribution in [0.4, 0.5) is 11.4 Å². The fraction of sp³-hybridized carbons (Fsp3) is 0.231. The first kappa shape index (κ1) is 22.9. The van der Waals surface area contributed by atoms with E-state index in [-0.39, 0.29) is 24.5 Å². The molecule has 166 valence electrons. The molecule has 0 aliphatic carbocycles. The van der Waals surface area contributed by atoms with Crippen molar-refractivity contribution in [3.05, 3.63) is 83.4 Å². The first-order chi connectivity index (χ1) is 15.2. The van der Waals surface area contributed by atoms with Crippen molar-refractivity contribution >= 4 is 23.2 Å². The first-order valence-electron chi connectivity index (χ1n) is 10.5. The van der Waals surface area contributed by atoms with Gasteiger partial charge in [0.25, 0.3) is 0 Å². The number of amidine groups is 1. The molecule has 3 aromatic rings. The number of nitrogen functional groups attached to an aromatic ring is 1. The second-order valence-corrected chi connectivity index (χ2v) is 8.06. The number of nitrogens with two attached hydrogens (primary N) is 1. The van der Waals surface area contributed by atoms with Crippen molar-refractivity contribution in [1.82, 2.24) is 0 Å². The summed E-state index contributed by atoms with van der Waals surface area (Å²) in [6.45, 7) is 3.67. The quantitative estimate of drug-likeness (QED) is 0.273. The van der Waals surface area contributed by atoms with E-state index >= 15 is 0 Å². The topological polar surface area (TPSA) is 91.4 Å². The van der Waals surface area contributed by atoms with Gasteiger partial charge in [0.15, 0.2) is 0 Å². The molecule has 0 aliphatic rings. The Labute approximate surface area is 189 Å². The molecule has 0 heterocycles. The Kier molecular flexibility index (Phi) is 7.15. The lowest BCUT2D eigenvalue weighted by Crippen LogP contribution is -2.19. The molecule has 0 spiro atoms. The zero-order chi connectivity index (χ0) is 23.3. The minimum absolute atomic E-state index is 0.0247. The Balaban J connectivity index is 1.92. The number of hydrogen-bond donors (Lipinski definition) is 3. The van der Waals surface area contributed by atoms with Gasteiger partial charge in [-0.2, -0.15) is 0 Å². The third-order valence-corrected chi connectivity index (χ3v) is 5.21. The average molecular weight is 431 g/mol. The molecule has 0 bridgehead atoms. The highest BCUT2D eigenvalue weighted by Gasteiger charge is 2.16. The average Bonchev–Trinajstić information content (AvgIpc) is 2.76. The highest BCUT2D eigenvalue weighted by molar-refractivity contribution is 5.95. The largest absolute Gasteiger partial charge is 0.463 e. The molecular formula is C26H30N4O2. The monoisotopic (exact) mass is 430 g/mol. The third kappa shape index (κ3) is 5.88. The van der Waals surface area contributed by atoms with E-state index in [1.807, 2.05) is 26.2 Å². The second kappa shape index (κ2) is 10.0. The van der Waals surface area contributed by atoms with Gasteiger partial charge in [0.1, 0.15) is 12.4 Å². The van der Waals surface area contributed by atoms with Crippen LogP contribution in [-0.2, 0) is 9.53 Å². The molecule has 32 heavy (non-hydrogen) atoms. The van der Waals surface area contributed by atoms with E-state index in [1.54, 1.807) is 12.1 Å². The number of carbonyl (C=O) groups excluding carboxylic acids is 1. The summed E-state index contributed by atoms with van der Waals surface area (Å²) in [7, 11) is 4.04. The summed E-state index contributed by atoms with van der Waals surface area (Å²) in [5.74, 6) is -0.299. The number of carbonyl (C=O) groups is 1. The van der Waals surface area contributed by atoms with Crippen molar-refractivity contribution in [3.63, 3.8) is 0 Å².